The Kier molecular flexibility index (Phi) is 6.11. The van der Waals surface area contributed by atoms with Crippen LogP contribution < -0.4 is 15.1 Å². The Morgan fingerprint density at radius 1 is 0.960 bits per heavy atom. The molecule has 2 aromatic rings. The summed E-state index contributed by atoms with van der Waals surface area (Å²) in [6.45, 7) is 1.74. The maximum Gasteiger partial charge on any atom is 0.226 e. The van der Waals surface area contributed by atoms with Crippen LogP contribution in [-0.4, -0.2) is 32.5 Å². The molecule has 0 aliphatic carbocycles. The number of nitrogens with zero attached hydrogens (tertiary/aromatic N) is 2. The van der Waals surface area contributed by atoms with Gasteiger partial charge in [-0.05, 0) is 48.5 Å². The molecule has 0 atom stereocenters. The van der Waals surface area contributed by atoms with Gasteiger partial charge in [-0.15, -0.1) is 0 Å². The van der Waals surface area contributed by atoms with Gasteiger partial charge >= 0.3 is 0 Å². The number of amides is 2. The lowest BCUT2D eigenvalue weighted by molar-refractivity contribution is -0.117. The molecule has 0 aliphatic heterocycles. The normalized spacial score (nSPS) is 10.2. The fourth-order valence-corrected chi connectivity index (χ4v) is 2.37. The van der Waals surface area contributed by atoms with E-state index in [0.717, 1.165) is 11.4 Å². The van der Waals surface area contributed by atoms with Crippen molar-refractivity contribution in [3.63, 3.8) is 0 Å². The summed E-state index contributed by atoms with van der Waals surface area (Å²) in [5.41, 5.74) is 2.30. The van der Waals surface area contributed by atoms with Crippen molar-refractivity contribution in [2.75, 3.05) is 35.8 Å². The van der Waals surface area contributed by atoms with E-state index in [1.54, 1.807) is 4.90 Å². The van der Waals surface area contributed by atoms with Gasteiger partial charge in [-0.1, -0.05) is 0 Å². The van der Waals surface area contributed by atoms with Gasteiger partial charge in [0.2, 0.25) is 11.8 Å². The highest BCUT2D eigenvalue weighted by molar-refractivity contribution is 5.94. The number of halogens is 1. The Balaban J connectivity index is 1.98. The zero-order valence-electron chi connectivity index (χ0n) is 14.6. The number of carbonyl (C=O) groups is 2. The van der Waals surface area contributed by atoms with E-state index in [1.807, 2.05) is 43.3 Å². The molecule has 0 fully saturated rings. The summed E-state index contributed by atoms with van der Waals surface area (Å²) >= 11 is 0. The summed E-state index contributed by atoms with van der Waals surface area (Å²) in [4.78, 5) is 27.5. The van der Waals surface area contributed by atoms with Gasteiger partial charge in [0.15, 0.2) is 0 Å². The average molecular weight is 343 g/mol. The molecule has 0 bridgehead atoms. The largest absolute Gasteiger partial charge is 0.378 e. The predicted molar refractivity (Wildman–Crippen MR) is 98.4 cm³/mol. The molecule has 1 N–H and O–H groups in total. The van der Waals surface area contributed by atoms with Gasteiger partial charge in [0.25, 0.3) is 0 Å². The minimum Gasteiger partial charge on any atom is -0.378 e. The molecule has 0 aromatic heterocycles. The van der Waals surface area contributed by atoms with Crippen molar-refractivity contribution in [1.82, 2.24) is 0 Å². The average Bonchev–Trinajstić information content (AvgIpc) is 2.57. The van der Waals surface area contributed by atoms with Gasteiger partial charge in [-0.3, -0.25) is 9.59 Å². The topological polar surface area (TPSA) is 52.7 Å². The summed E-state index contributed by atoms with van der Waals surface area (Å²) < 4.78 is 12.9. The Bertz CT molecular complexity index is 727. The number of rotatable bonds is 6. The van der Waals surface area contributed by atoms with E-state index in [-0.39, 0.29) is 30.6 Å². The van der Waals surface area contributed by atoms with Crippen molar-refractivity contribution in [1.29, 1.82) is 0 Å². The zero-order chi connectivity index (χ0) is 18.4. The highest BCUT2D eigenvalue weighted by Gasteiger charge is 2.14. The van der Waals surface area contributed by atoms with Crippen LogP contribution in [0, 0.1) is 5.82 Å². The molecule has 2 aromatic carbocycles. The molecule has 0 heterocycles. The standard InChI is InChI=1S/C19H22FN3O2/c1-14(24)23(18-10-8-17(9-11-18)22(2)3)13-12-19(25)21-16-6-4-15(20)5-7-16/h4-11H,12-13H2,1-3H3,(H,21,25). The van der Waals surface area contributed by atoms with Crippen molar-refractivity contribution >= 4 is 28.9 Å². The van der Waals surface area contributed by atoms with Gasteiger partial charge in [-0.25, -0.2) is 4.39 Å². The third kappa shape index (κ3) is 5.31. The van der Waals surface area contributed by atoms with Gasteiger partial charge in [0.1, 0.15) is 5.82 Å². The Hall–Kier alpha value is -2.89. The maximum absolute atomic E-state index is 12.9. The molecular formula is C19H22FN3O2. The quantitative estimate of drug-likeness (QED) is 0.876. The number of benzene rings is 2. The maximum atomic E-state index is 12.9. The van der Waals surface area contributed by atoms with E-state index in [4.69, 9.17) is 0 Å². The smallest absolute Gasteiger partial charge is 0.226 e. The molecule has 6 heteroatoms. The molecule has 2 rings (SSSR count). The number of carbonyl (C=O) groups excluding carboxylic acids is 2. The van der Waals surface area contributed by atoms with Crippen LogP contribution >= 0.6 is 0 Å². The predicted octanol–water partition coefficient (Wildman–Crippen LogP) is 3.27. The molecule has 25 heavy (non-hydrogen) atoms. The van der Waals surface area contributed by atoms with Crippen molar-refractivity contribution < 1.29 is 14.0 Å². The monoisotopic (exact) mass is 343 g/mol. The molecule has 0 unspecified atom stereocenters. The Labute approximate surface area is 147 Å². The number of hydrogen-bond donors (Lipinski definition) is 1. The third-order valence-corrected chi connectivity index (χ3v) is 3.75. The van der Waals surface area contributed by atoms with Gasteiger partial charge in [0.05, 0.1) is 0 Å². The molecule has 0 saturated carbocycles. The summed E-state index contributed by atoms with van der Waals surface area (Å²) in [5.74, 6) is -0.725. The molecule has 132 valence electrons. The van der Waals surface area contributed by atoms with Crippen molar-refractivity contribution in [2.24, 2.45) is 0 Å². The fraction of sp³-hybridized carbons (Fsp3) is 0.263. The van der Waals surface area contributed by atoms with Crippen LogP contribution in [0.15, 0.2) is 48.5 Å². The number of anilines is 3. The highest BCUT2D eigenvalue weighted by atomic mass is 19.1. The summed E-state index contributed by atoms with van der Waals surface area (Å²) in [7, 11) is 3.88. The van der Waals surface area contributed by atoms with E-state index in [1.165, 1.54) is 31.2 Å². The van der Waals surface area contributed by atoms with Crippen LogP contribution in [0.1, 0.15) is 13.3 Å². The first-order valence-corrected chi connectivity index (χ1v) is 7.97. The number of nitrogens with one attached hydrogen (secondary N) is 1. The Morgan fingerprint density at radius 2 is 1.52 bits per heavy atom. The minimum absolute atomic E-state index is 0.132. The lowest BCUT2D eigenvalue weighted by atomic mass is 10.2. The van der Waals surface area contributed by atoms with Crippen molar-refractivity contribution in [3.8, 4) is 0 Å². The van der Waals surface area contributed by atoms with Crippen LogP contribution in [0.3, 0.4) is 0 Å². The Morgan fingerprint density at radius 3 is 2.04 bits per heavy atom. The molecule has 0 radical (unpaired) electrons. The SMILES string of the molecule is CC(=O)N(CCC(=O)Nc1ccc(F)cc1)c1ccc(N(C)C)cc1. The zero-order valence-corrected chi connectivity index (χ0v) is 14.6. The van der Waals surface area contributed by atoms with E-state index in [9.17, 15) is 14.0 Å². The van der Waals surface area contributed by atoms with Crippen LogP contribution in [0.2, 0.25) is 0 Å². The van der Waals surface area contributed by atoms with Crippen LogP contribution in [0.5, 0.6) is 0 Å². The minimum atomic E-state index is -0.359. The molecule has 0 aliphatic rings. The van der Waals surface area contributed by atoms with Crippen LogP contribution in [0.25, 0.3) is 0 Å². The van der Waals surface area contributed by atoms with Crippen molar-refractivity contribution in [3.05, 3.63) is 54.3 Å². The molecule has 0 spiro atoms. The van der Waals surface area contributed by atoms with E-state index < -0.39 is 0 Å². The third-order valence-electron chi connectivity index (χ3n) is 3.75. The first-order valence-electron chi connectivity index (χ1n) is 7.97. The van der Waals surface area contributed by atoms with Crippen LogP contribution in [-0.2, 0) is 9.59 Å². The van der Waals surface area contributed by atoms with Gasteiger partial charge in [0, 0.05) is 51.0 Å². The second-order valence-electron chi connectivity index (χ2n) is 5.89. The first kappa shape index (κ1) is 18.4. The highest BCUT2D eigenvalue weighted by Crippen LogP contribution is 2.20. The van der Waals surface area contributed by atoms with Crippen LogP contribution in [0.4, 0.5) is 21.5 Å². The molecule has 5 nitrogen and oxygen atoms in total. The van der Waals surface area contributed by atoms with E-state index >= 15 is 0 Å². The second-order valence-corrected chi connectivity index (χ2v) is 5.89. The summed E-state index contributed by atoms with van der Waals surface area (Å²) in [5, 5.41) is 2.69. The second kappa shape index (κ2) is 8.28. The van der Waals surface area contributed by atoms with Crippen molar-refractivity contribution in [2.45, 2.75) is 13.3 Å². The molecule has 0 saturated heterocycles. The molecular weight excluding hydrogens is 321 g/mol. The lowest BCUT2D eigenvalue weighted by Gasteiger charge is -2.22. The summed E-state index contributed by atoms with van der Waals surface area (Å²) in [6, 6.07) is 13.1. The van der Waals surface area contributed by atoms with E-state index in [0.29, 0.717) is 5.69 Å². The first-order chi connectivity index (χ1) is 11.9. The summed E-state index contributed by atoms with van der Waals surface area (Å²) in [6.07, 6.45) is 0.145. The van der Waals surface area contributed by atoms with E-state index in [2.05, 4.69) is 5.32 Å². The lowest BCUT2D eigenvalue weighted by Crippen LogP contribution is -2.32. The number of hydrogen-bond acceptors (Lipinski definition) is 3. The molecule has 2 amide bonds. The van der Waals surface area contributed by atoms with Gasteiger partial charge in [-0.2, -0.15) is 0 Å². The van der Waals surface area contributed by atoms with Gasteiger partial charge < -0.3 is 15.1 Å². The fourth-order valence-electron chi connectivity index (χ4n) is 2.37.